The summed E-state index contributed by atoms with van der Waals surface area (Å²) in [7, 11) is 1.50. The van der Waals surface area contributed by atoms with Gasteiger partial charge in [0.05, 0.1) is 17.7 Å². The lowest BCUT2D eigenvalue weighted by Crippen LogP contribution is -1.94. The molecular formula is C12H9BrO3. The Bertz CT molecular complexity index is 474. The van der Waals surface area contributed by atoms with Gasteiger partial charge in [0, 0.05) is 0 Å². The molecule has 4 heteroatoms. The van der Waals surface area contributed by atoms with Crippen LogP contribution in [-0.4, -0.2) is 13.1 Å². The fraction of sp³-hybridized carbons (Fsp3) is 0.0833. The predicted molar refractivity (Wildman–Crippen MR) is 63.5 cm³/mol. The highest BCUT2D eigenvalue weighted by molar-refractivity contribution is 9.15. The minimum atomic E-state index is -0.417. The lowest BCUT2D eigenvalue weighted by Gasteiger charge is -2.06. The summed E-state index contributed by atoms with van der Waals surface area (Å²) < 4.78 is 10.8. The van der Waals surface area contributed by atoms with Gasteiger partial charge in [0.25, 0.3) is 0 Å². The second-order valence-electron chi connectivity index (χ2n) is 3.14. The lowest BCUT2D eigenvalue weighted by molar-refractivity contribution is -0.132. The maximum atomic E-state index is 11.1. The van der Waals surface area contributed by atoms with Crippen LogP contribution < -0.4 is 0 Å². The highest BCUT2D eigenvalue weighted by atomic mass is 79.9. The highest BCUT2D eigenvalue weighted by Gasteiger charge is 2.24. The number of benzene rings is 1. The van der Waals surface area contributed by atoms with Crippen molar-refractivity contribution >= 4 is 26.4 Å². The number of methoxy groups -OCH3 is 1. The Labute approximate surface area is 101 Å². The van der Waals surface area contributed by atoms with Gasteiger partial charge in [-0.15, -0.1) is 0 Å². The molecule has 1 aromatic rings. The fourth-order valence-corrected chi connectivity index (χ4v) is 1.91. The fourth-order valence-electron chi connectivity index (χ4n) is 1.37. The van der Waals surface area contributed by atoms with Crippen molar-refractivity contribution in [3.8, 4) is 0 Å². The smallest absolute Gasteiger partial charge is 0.340 e. The number of esters is 1. The van der Waals surface area contributed by atoms with E-state index < -0.39 is 5.97 Å². The molecule has 1 aliphatic heterocycles. The van der Waals surface area contributed by atoms with E-state index in [-0.39, 0.29) is 0 Å². The van der Waals surface area contributed by atoms with Crippen LogP contribution in [-0.2, 0) is 14.3 Å². The quantitative estimate of drug-likeness (QED) is 0.782. The van der Waals surface area contributed by atoms with E-state index in [0.29, 0.717) is 16.0 Å². The zero-order valence-electron chi connectivity index (χ0n) is 8.57. The van der Waals surface area contributed by atoms with Gasteiger partial charge in [0.15, 0.2) is 11.5 Å². The number of carbonyl (C=O) groups is 1. The number of hydrogen-bond acceptors (Lipinski definition) is 3. The summed E-state index contributed by atoms with van der Waals surface area (Å²) in [5.41, 5.74) is 0.926. The van der Waals surface area contributed by atoms with E-state index in [1.165, 1.54) is 13.2 Å². The van der Waals surface area contributed by atoms with E-state index in [0.717, 1.165) is 5.56 Å². The topological polar surface area (TPSA) is 35.5 Å². The van der Waals surface area contributed by atoms with Gasteiger partial charge >= 0.3 is 5.97 Å². The third-order valence-corrected chi connectivity index (χ3v) is 2.94. The second-order valence-corrected chi connectivity index (χ2v) is 3.94. The van der Waals surface area contributed by atoms with Gasteiger partial charge in [-0.2, -0.15) is 0 Å². The summed E-state index contributed by atoms with van der Waals surface area (Å²) in [6.45, 7) is 0. The molecular weight excluding hydrogens is 272 g/mol. The van der Waals surface area contributed by atoms with Gasteiger partial charge in [0.1, 0.15) is 0 Å². The summed E-state index contributed by atoms with van der Waals surface area (Å²) in [5.74, 6) is 0.430. The largest absolute Gasteiger partial charge is 0.493 e. The van der Waals surface area contributed by atoms with Crippen molar-refractivity contribution in [1.82, 2.24) is 0 Å². The maximum absolute atomic E-state index is 11.1. The first-order valence-corrected chi connectivity index (χ1v) is 5.44. The normalized spacial score (nSPS) is 17.9. The molecule has 0 spiro atoms. The number of ether oxygens (including phenoxy) is 2. The standard InChI is InChI=1S/C12H9BrO3/c1-15-9-7-10(14)16-12(9)11(13)8-5-3-2-4-6-8/h2-7H,1H3/b12-11-. The summed E-state index contributed by atoms with van der Waals surface area (Å²) >= 11 is 3.40. The Kier molecular flexibility index (Phi) is 3.10. The van der Waals surface area contributed by atoms with Gasteiger partial charge in [0.2, 0.25) is 0 Å². The van der Waals surface area contributed by atoms with Crippen LogP contribution >= 0.6 is 15.9 Å². The van der Waals surface area contributed by atoms with Gasteiger partial charge < -0.3 is 9.47 Å². The summed E-state index contributed by atoms with van der Waals surface area (Å²) in [6, 6.07) is 9.56. The Morgan fingerprint density at radius 3 is 2.62 bits per heavy atom. The maximum Gasteiger partial charge on any atom is 0.340 e. The Morgan fingerprint density at radius 2 is 2.00 bits per heavy atom. The van der Waals surface area contributed by atoms with E-state index in [4.69, 9.17) is 9.47 Å². The van der Waals surface area contributed by atoms with Gasteiger partial charge in [-0.05, 0) is 21.5 Å². The molecule has 0 saturated heterocycles. The molecule has 1 aromatic carbocycles. The van der Waals surface area contributed by atoms with Crippen molar-refractivity contribution in [3.63, 3.8) is 0 Å². The Morgan fingerprint density at radius 1 is 1.31 bits per heavy atom. The van der Waals surface area contributed by atoms with Crippen LogP contribution in [0.4, 0.5) is 0 Å². The zero-order chi connectivity index (χ0) is 11.5. The third-order valence-electron chi connectivity index (χ3n) is 2.12. The number of cyclic esters (lactones) is 1. The van der Waals surface area contributed by atoms with Crippen LogP contribution in [0.5, 0.6) is 0 Å². The van der Waals surface area contributed by atoms with E-state index in [9.17, 15) is 4.79 Å². The summed E-state index contributed by atoms with van der Waals surface area (Å²) in [4.78, 5) is 11.1. The number of halogens is 1. The van der Waals surface area contributed by atoms with Crippen LogP contribution in [0.3, 0.4) is 0 Å². The monoisotopic (exact) mass is 280 g/mol. The van der Waals surface area contributed by atoms with E-state index in [1.54, 1.807) is 0 Å². The molecule has 0 saturated carbocycles. The predicted octanol–water partition coefficient (Wildman–Crippen LogP) is 2.84. The minimum absolute atomic E-state index is 0.415. The molecule has 0 fully saturated rings. The van der Waals surface area contributed by atoms with Crippen molar-refractivity contribution in [2.45, 2.75) is 0 Å². The van der Waals surface area contributed by atoms with Crippen molar-refractivity contribution in [3.05, 3.63) is 53.5 Å². The molecule has 0 amide bonds. The van der Waals surface area contributed by atoms with Gasteiger partial charge in [-0.1, -0.05) is 30.3 Å². The van der Waals surface area contributed by atoms with Gasteiger partial charge in [-0.25, -0.2) is 4.79 Å². The molecule has 2 rings (SSSR count). The molecule has 0 radical (unpaired) electrons. The minimum Gasteiger partial charge on any atom is -0.493 e. The lowest BCUT2D eigenvalue weighted by atomic mass is 10.2. The average Bonchev–Trinajstić information content (AvgIpc) is 2.70. The summed E-state index contributed by atoms with van der Waals surface area (Å²) in [6.07, 6.45) is 1.32. The first-order chi connectivity index (χ1) is 7.72. The molecule has 0 aromatic heterocycles. The van der Waals surface area contributed by atoms with Crippen molar-refractivity contribution in [2.24, 2.45) is 0 Å². The van der Waals surface area contributed by atoms with Crippen LogP contribution in [0.25, 0.3) is 4.48 Å². The molecule has 0 N–H and O–H groups in total. The molecule has 0 bridgehead atoms. The number of carbonyl (C=O) groups excluding carboxylic acids is 1. The van der Waals surface area contributed by atoms with Crippen molar-refractivity contribution < 1.29 is 14.3 Å². The number of rotatable bonds is 2. The number of hydrogen-bond donors (Lipinski definition) is 0. The Balaban J connectivity index is 2.43. The molecule has 1 heterocycles. The molecule has 16 heavy (non-hydrogen) atoms. The molecule has 0 aliphatic carbocycles. The molecule has 82 valence electrons. The summed E-state index contributed by atoms with van der Waals surface area (Å²) in [5, 5.41) is 0. The van der Waals surface area contributed by atoms with Crippen LogP contribution in [0, 0.1) is 0 Å². The molecule has 0 atom stereocenters. The van der Waals surface area contributed by atoms with Crippen molar-refractivity contribution in [1.29, 1.82) is 0 Å². The van der Waals surface area contributed by atoms with E-state index >= 15 is 0 Å². The SMILES string of the molecule is COC1=CC(=O)O/C1=C(\Br)c1ccccc1. The van der Waals surface area contributed by atoms with Crippen molar-refractivity contribution in [2.75, 3.05) is 7.11 Å². The Hall–Kier alpha value is -1.55. The second kappa shape index (κ2) is 4.53. The van der Waals surface area contributed by atoms with E-state index in [2.05, 4.69) is 15.9 Å². The zero-order valence-corrected chi connectivity index (χ0v) is 10.2. The van der Waals surface area contributed by atoms with Crippen LogP contribution in [0.15, 0.2) is 47.9 Å². The molecule has 3 nitrogen and oxygen atoms in total. The molecule has 0 unspecified atom stereocenters. The highest BCUT2D eigenvalue weighted by Crippen LogP contribution is 2.33. The van der Waals surface area contributed by atoms with E-state index in [1.807, 2.05) is 30.3 Å². The van der Waals surface area contributed by atoms with Crippen LogP contribution in [0.1, 0.15) is 5.56 Å². The van der Waals surface area contributed by atoms with Gasteiger partial charge in [-0.3, -0.25) is 0 Å². The van der Waals surface area contributed by atoms with Crippen LogP contribution in [0.2, 0.25) is 0 Å². The molecule has 1 aliphatic rings. The first-order valence-electron chi connectivity index (χ1n) is 4.65. The first kappa shape index (κ1) is 11.0. The third kappa shape index (κ3) is 2.02. The average molecular weight is 281 g/mol.